The highest BCUT2D eigenvalue weighted by Crippen LogP contribution is 2.20. The van der Waals surface area contributed by atoms with Crippen molar-refractivity contribution >= 4 is 27.5 Å². The number of hydrogen-bond donors (Lipinski definition) is 1. The molecule has 8 nitrogen and oxygen atoms in total. The quantitative estimate of drug-likeness (QED) is 0.836. The van der Waals surface area contributed by atoms with Crippen molar-refractivity contribution in [3.05, 3.63) is 41.7 Å². The van der Waals surface area contributed by atoms with E-state index in [2.05, 4.69) is 14.9 Å². The molecule has 1 aromatic carbocycles. The molecule has 1 aliphatic heterocycles. The number of aromatic nitrogens is 3. The lowest BCUT2D eigenvalue weighted by atomic mass is 10.3. The maximum atomic E-state index is 12.2. The topological polar surface area (TPSA) is 97.2 Å². The van der Waals surface area contributed by atoms with E-state index in [-0.39, 0.29) is 23.4 Å². The van der Waals surface area contributed by atoms with Crippen LogP contribution in [0.1, 0.15) is 12.5 Å². The van der Waals surface area contributed by atoms with E-state index < -0.39 is 10.0 Å². The largest absolute Gasteiger partial charge is 0.339 e. The van der Waals surface area contributed by atoms with Crippen molar-refractivity contribution in [2.45, 2.75) is 17.4 Å². The van der Waals surface area contributed by atoms with Crippen molar-refractivity contribution < 1.29 is 13.2 Å². The van der Waals surface area contributed by atoms with E-state index >= 15 is 0 Å². The fraction of sp³-hybridized carbons (Fsp3) is 0.357. The first-order valence-corrected chi connectivity index (χ1v) is 9.20. The molecule has 1 atom stereocenters. The molecule has 1 saturated heterocycles. The van der Waals surface area contributed by atoms with Crippen molar-refractivity contribution in [3.63, 3.8) is 0 Å². The summed E-state index contributed by atoms with van der Waals surface area (Å²) in [4.78, 5) is 15.4. The number of nitrogens with zero attached hydrogens (tertiary/aromatic N) is 4. The second-order valence-corrected chi connectivity index (χ2v) is 7.62. The van der Waals surface area contributed by atoms with Crippen molar-refractivity contribution in [1.29, 1.82) is 0 Å². The van der Waals surface area contributed by atoms with Crippen molar-refractivity contribution in [2.24, 2.45) is 0 Å². The van der Waals surface area contributed by atoms with Gasteiger partial charge in [-0.1, -0.05) is 17.7 Å². The summed E-state index contributed by atoms with van der Waals surface area (Å²) in [6, 6.07) is 5.91. The molecule has 10 heteroatoms. The number of carbonyl (C=O) groups is 1. The maximum Gasteiger partial charge on any atom is 0.241 e. The van der Waals surface area contributed by atoms with Gasteiger partial charge in [0.15, 0.2) is 0 Å². The third kappa shape index (κ3) is 3.74. The van der Waals surface area contributed by atoms with Crippen LogP contribution in [0.3, 0.4) is 0 Å². The van der Waals surface area contributed by atoms with Gasteiger partial charge in [0.2, 0.25) is 15.9 Å². The lowest BCUT2D eigenvalue weighted by Gasteiger charge is -2.16. The molecule has 0 bridgehead atoms. The highest BCUT2D eigenvalue weighted by molar-refractivity contribution is 7.89. The summed E-state index contributed by atoms with van der Waals surface area (Å²) in [5.74, 6) is -0.282. The highest BCUT2D eigenvalue weighted by atomic mass is 35.5. The smallest absolute Gasteiger partial charge is 0.241 e. The van der Waals surface area contributed by atoms with E-state index in [9.17, 15) is 13.2 Å². The number of halogens is 1. The van der Waals surface area contributed by atoms with Crippen molar-refractivity contribution in [2.75, 3.05) is 19.6 Å². The van der Waals surface area contributed by atoms with Gasteiger partial charge >= 0.3 is 0 Å². The summed E-state index contributed by atoms with van der Waals surface area (Å²) in [5, 5.41) is 8.46. The van der Waals surface area contributed by atoms with E-state index in [4.69, 9.17) is 11.6 Å². The molecule has 0 radical (unpaired) electrons. The van der Waals surface area contributed by atoms with Gasteiger partial charge < -0.3 is 4.90 Å². The Labute approximate surface area is 144 Å². The molecule has 1 fully saturated rings. The summed E-state index contributed by atoms with van der Waals surface area (Å²) >= 11 is 5.80. The molecule has 0 spiro atoms. The van der Waals surface area contributed by atoms with Gasteiger partial charge in [-0.25, -0.2) is 13.1 Å². The average molecular weight is 370 g/mol. The van der Waals surface area contributed by atoms with Crippen LogP contribution in [0, 0.1) is 0 Å². The van der Waals surface area contributed by atoms with Crippen LogP contribution in [0.25, 0.3) is 0 Å². The van der Waals surface area contributed by atoms with Gasteiger partial charge in [0.05, 0.1) is 29.9 Å². The van der Waals surface area contributed by atoms with Crippen LogP contribution >= 0.6 is 11.6 Å². The predicted molar refractivity (Wildman–Crippen MR) is 86.9 cm³/mol. The number of hydrogen-bond acceptors (Lipinski definition) is 5. The van der Waals surface area contributed by atoms with E-state index in [1.165, 1.54) is 12.1 Å². The summed E-state index contributed by atoms with van der Waals surface area (Å²) < 4.78 is 26.7. The minimum absolute atomic E-state index is 0.0217. The number of likely N-dealkylation sites (tertiary alicyclic amines) is 1. The van der Waals surface area contributed by atoms with Gasteiger partial charge in [-0.3, -0.25) is 4.79 Å². The normalized spacial score (nSPS) is 18.0. The zero-order chi connectivity index (χ0) is 17.2. The highest BCUT2D eigenvalue weighted by Gasteiger charge is 2.29. The number of carbonyl (C=O) groups excluding carboxylic acids is 1. The van der Waals surface area contributed by atoms with Crippen LogP contribution in [-0.4, -0.2) is 53.9 Å². The van der Waals surface area contributed by atoms with E-state index in [1.54, 1.807) is 34.2 Å². The van der Waals surface area contributed by atoms with E-state index in [1.807, 2.05) is 0 Å². The Bertz CT molecular complexity index is 825. The van der Waals surface area contributed by atoms with Crippen LogP contribution in [0.5, 0.6) is 0 Å². The van der Waals surface area contributed by atoms with Crippen molar-refractivity contribution in [1.82, 2.24) is 24.6 Å². The molecule has 0 aliphatic carbocycles. The molecular formula is C14H16ClN5O3S. The van der Waals surface area contributed by atoms with E-state index in [0.717, 1.165) is 6.42 Å². The second-order valence-electron chi connectivity index (χ2n) is 5.41. The predicted octanol–water partition coefficient (Wildman–Crippen LogP) is 0.683. The molecule has 128 valence electrons. The zero-order valence-electron chi connectivity index (χ0n) is 12.7. The SMILES string of the molecule is O=C(CNS(=O)(=O)c1cccc(Cl)c1)N1CCC(n2nccn2)C1. The molecule has 24 heavy (non-hydrogen) atoms. The van der Waals surface area contributed by atoms with Crippen LogP contribution < -0.4 is 4.72 Å². The van der Waals surface area contributed by atoms with E-state index in [0.29, 0.717) is 18.1 Å². The Morgan fingerprint density at radius 1 is 1.33 bits per heavy atom. The molecule has 1 N–H and O–H groups in total. The molecule has 2 aromatic rings. The number of rotatable bonds is 5. The number of nitrogens with one attached hydrogen (secondary N) is 1. The van der Waals surface area contributed by atoms with Gasteiger partial charge in [-0.05, 0) is 24.6 Å². The summed E-state index contributed by atoms with van der Waals surface area (Å²) in [5.41, 5.74) is 0. The Morgan fingerprint density at radius 3 is 2.79 bits per heavy atom. The summed E-state index contributed by atoms with van der Waals surface area (Å²) in [7, 11) is -3.78. The molecule has 0 saturated carbocycles. The minimum atomic E-state index is -3.78. The number of sulfonamides is 1. The lowest BCUT2D eigenvalue weighted by molar-refractivity contribution is -0.129. The van der Waals surface area contributed by atoms with Gasteiger partial charge in [0.1, 0.15) is 0 Å². The standard InChI is InChI=1S/C14H16ClN5O3S/c15-11-2-1-3-13(8-11)24(22,23)18-9-14(21)19-7-4-12(10-19)20-16-5-6-17-20/h1-3,5-6,8,12,18H,4,7,9-10H2. The van der Waals surface area contributed by atoms with Gasteiger partial charge in [0, 0.05) is 18.1 Å². The average Bonchev–Trinajstić information content (AvgIpc) is 3.23. The van der Waals surface area contributed by atoms with Crippen molar-refractivity contribution in [3.8, 4) is 0 Å². The third-order valence-electron chi connectivity index (χ3n) is 3.80. The molecule has 1 unspecified atom stereocenters. The second kappa shape index (κ2) is 6.88. The minimum Gasteiger partial charge on any atom is -0.339 e. The van der Waals surface area contributed by atoms with Crippen LogP contribution in [-0.2, 0) is 14.8 Å². The number of benzene rings is 1. The molecular weight excluding hydrogens is 354 g/mol. The molecule has 3 rings (SSSR count). The monoisotopic (exact) mass is 369 g/mol. The number of amides is 1. The lowest BCUT2D eigenvalue weighted by Crippen LogP contribution is -2.39. The first-order chi connectivity index (χ1) is 11.5. The summed E-state index contributed by atoms with van der Waals surface area (Å²) in [6.07, 6.45) is 3.91. The Hall–Kier alpha value is -1.97. The Kier molecular flexibility index (Phi) is 4.83. The first-order valence-electron chi connectivity index (χ1n) is 7.34. The summed E-state index contributed by atoms with van der Waals surface area (Å²) in [6.45, 7) is 0.713. The first kappa shape index (κ1) is 16.9. The van der Waals surface area contributed by atoms with Crippen LogP contribution in [0.4, 0.5) is 0 Å². The maximum absolute atomic E-state index is 12.2. The van der Waals surface area contributed by atoms with Gasteiger partial charge in [-0.2, -0.15) is 15.0 Å². The fourth-order valence-corrected chi connectivity index (χ4v) is 3.83. The van der Waals surface area contributed by atoms with Crippen LogP contribution in [0.15, 0.2) is 41.6 Å². The molecule has 1 aromatic heterocycles. The molecule has 2 heterocycles. The molecule has 1 aliphatic rings. The van der Waals surface area contributed by atoms with Gasteiger partial charge in [0.25, 0.3) is 0 Å². The molecule has 1 amide bonds. The van der Waals surface area contributed by atoms with Gasteiger partial charge in [-0.15, -0.1) is 0 Å². The Morgan fingerprint density at radius 2 is 2.08 bits per heavy atom. The zero-order valence-corrected chi connectivity index (χ0v) is 14.2. The fourth-order valence-electron chi connectivity index (χ4n) is 2.56. The van der Waals surface area contributed by atoms with Crippen LogP contribution in [0.2, 0.25) is 5.02 Å². The third-order valence-corrected chi connectivity index (χ3v) is 5.43. The Balaban J connectivity index is 1.58.